The summed E-state index contributed by atoms with van der Waals surface area (Å²) in [6, 6.07) is 0. The molecule has 2 saturated heterocycles. The zero-order valence-corrected chi connectivity index (χ0v) is 27.1. The highest BCUT2D eigenvalue weighted by Gasteiger charge is 2.71. The molecule has 17 atom stereocenters. The van der Waals surface area contributed by atoms with Crippen LogP contribution in [0.5, 0.6) is 0 Å². The van der Waals surface area contributed by atoms with Crippen LogP contribution in [-0.4, -0.2) is 104 Å². The summed E-state index contributed by atoms with van der Waals surface area (Å²) in [5.74, 6) is 0.722. The minimum absolute atomic E-state index is 0.0418. The molecule has 0 aromatic heterocycles. The number of carbonyl (C=O) groups is 2. The fraction of sp³-hybridized carbons (Fsp3) is 0.941. The van der Waals surface area contributed by atoms with E-state index in [1.54, 1.807) is 0 Å². The van der Waals surface area contributed by atoms with Gasteiger partial charge in [0, 0.05) is 30.1 Å². The van der Waals surface area contributed by atoms with E-state index in [-0.39, 0.29) is 41.1 Å². The Morgan fingerprint density at radius 1 is 0.956 bits per heavy atom. The van der Waals surface area contributed by atoms with E-state index >= 15 is 0 Å². The predicted octanol–water partition coefficient (Wildman–Crippen LogP) is 1.32. The molecule has 2 heterocycles. The number of Topliss-reactive ketones (excluding diaryl/α,β-unsaturated/α-hetero) is 1. The Hall–Kier alpha value is -1.18. The lowest BCUT2D eigenvalue weighted by molar-refractivity contribution is -0.272. The number of fused-ring (bicyclic) bond motifs is 7. The first-order valence-corrected chi connectivity index (χ1v) is 17.2. The Labute approximate surface area is 265 Å². The zero-order valence-electron chi connectivity index (χ0n) is 27.1. The van der Waals surface area contributed by atoms with Crippen molar-refractivity contribution in [1.82, 2.24) is 0 Å². The molecule has 6 N–H and O–H groups in total. The fourth-order valence-electron chi connectivity index (χ4n) is 11.1. The maximum Gasteiger partial charge on any atom is 0.338 e. The minimum atomic E-state index is -2.13. The van der Waals surface area contributed by atoms with Crippen LogP contribution in [0.2, 0.25) is 0 Å². The summed E-state index contributed by atoms with van der Waals surface area (Å²) < 4.78 is 18.8. The third-order valence-electron chi connectivity index (χ3n) is 13.9. The summed E-state index contributed by atoms with van der Waals surface area (Å²) >= 11 is 0. The summed E-state index contributed by atoms with van der Waals surface area (Å²) in [6.45, 7) is 8.81. The van der Waals surface area contributed by atoms with Crippen molar-refractivity contribution in [1.29, 1.82) is 0 Å². The molecule has 6 fully saturated rings. The second kappa shape index (κ2) is 12.1. The lowest BCUT2D eigenvalue weighted by Crippen LogP contribution is -2.58. The van der Waals surface area contributed by atoms with Gasteiger partial charge in [-0.3, -0.25) is 4.79 Å². The topological polar surface area (TPSA) is 183 Å². The first-order chi connectivity index (χ1) is 21.2. The highest BCUT2D eigenvalue weighted by Crippen LogP contribution is 2.70. The third kappa shape index (κ3) is 5.23. The Morgan fingerprint density at radius 2 is 1.69 bits per heavy atom. The van der Waals surface area contributed by atoms with Crippen LogP contribution in [0.4, 0.5) is 0 Å². The molecule has 4 saturated carbocycles. The number of aliphatic hydroxyl groups is 6. The number of ketones is 1. The van der Waals surface area contributed by atoms with Gasteiger partial charge in [0.15, 0.2) is 11.9 Å². The molecular formula is C34H54O11. The van der Waals surface area contributed by atoms with Crippen molar-refractivity contribution in [3.05, 3.63) is 0 Å². The van der Waals surface area contributed by atoms with Crippen molar-refractivity contribution in [2.24, 2.45) is 52.3 Å². The van der Waals surface area contributed by atoms with E-state index in [0.29, 0.717) is 43.5 Å². The average Bonchev–Trinajstić information content (AvgIpc) is 3.47. The SMILES string of the molecule is C[C@@H]1CC[C@@]2(OC1)OC1CC3C4CC[C@H]5C[C@@H](OC(=O)[C@@H](O)[C@@H](O)[C@H](O)[C@H](O)[C@@H](O)CO)CC[C@]5(C)C4CC(=O)[C@]3(C)C1[C@@H]2C. The second-order valence-electron chi connectivity index (χ2n) is 16.0. The molecule has 0 radical (unpaired) electrons. The number of rotatable bonds is 7. The Bertz CT molecular complexity index is 1120. The molecule has 5 unspecified atom stereocenters. The molecule has 0 aromatic carbocycles. The second-order valence-corrected chi connectivity index (χ2v) is 16.0. The van der Waals surface area contributed by atoms with E-state index in [1.807, 2.05) is 0 Å². The Kier molecular flexibility index (Phi) is 9.03. The van der Waals surface area contributed by atoms with Gasteiger partial charge in [0.05, 0.1) is 19.3 Å². The van der Waals surface area contributed by atoms with Crippen LogP contribution in [0, 0.1) is 52.3 Å². The molecule has 2 aliphatic heterocycles. The van der Waals surface area contributed by atoms with Crippen LogP contribution in [0.3, 0.4) is 0 Å². The Balaban J connectivity index is 1.10. The van der Waals surface area contributed by atoms with Gasteiger partial charge < -0.3 is 44.8 Å². The molecule has 0 aromatic rings. The number of carbonyl (C=O) groups excluding carboxylic acids is 2. The van der Waals surface area contributed by atoms with Crippen molar-refractivity contribution in [3.8, 4) is 0 Å². The van der Waals surface area contributed by atoms with Crippen LogP contribution in [-0.2, 0) is 23.8 Å². The molecule has 11 heteroatoms. The molecule has 6 rings (SSSR count). The van der Waals surface area contributed by atoms with Crippen LogP contribution in [0.25, 0.3) is 0 Å². The lowest BCUT2D eigenvalue weighted by Gasteiger charge is -2.60. The normalized spacial score (nSPS) is 49.2. The largest absolute Gasteiger partial charge is 0.460 e. The van der Waals surface area contributed by atoms with E-state index < -0.39 is 60.4 Å². The van der Waals surface area contributed by atoms with E-state index in [9.17, 15) is 35.1 Å². The van der Waals surface area contributed by atoms with E-state index in [1.165, 1.54) is 0 Å². The smallest absolute Gasteiger partial charge is 0.338 e. The lowest BCUT2D eigenvalue weighted by atomic mass is 9.44. The highest BCUT2D eigenvalue weighted by molar-refractivity contribution is 5.87. The van der Waals surface area contributed by atoms with Crippen molar-refractivity contribution in [2.45, 2.75) is 134 Å². The molecule has 11 nitrogen and oxygen atoms in total. The molecule has 4 aliphatic carbocycles. The number of hydrogen-bond donors (Lipinski definition) is 6. The summed E-state index contributed by atoms with van der Waals surface area (Å²) in [6.07, 6.45) is -3.17. The molecule has 1 spiro atoms. The van der Waals surface area contributed by atoms with Gasteiger partial charge in [0.2, 0.25) is 0 Å². The standard InChI is InChI=1S/C34H54O11/c1-16-7-10-34(43-15-16)17(2)26-24(45-34)12-22-20-6-5-18-11-19(8-9-32(18,3)21(20)13-25(37)33(22,26)4)44-31(42)30(41)29(40)28(39)27(38)23(36)14-35/h16-24,26-30,35-36,38-41H,5-15H2,1-4H3/t16-,17+,18+,19+,20?,21?,22?,23+,24?,26?,27-,28-,29+,30+,32+,33-,34-/m1/s1. The molecular weight excluding hydrogens is 584 g/mol. The fourth-order valence-corrected chi connectivity index (χ4v) is 11.1. The maximum atomic E-state index is 14.3. The van der Waals surface area contributed by atoms with Gasteiger partial charge in [-0.05, 0) is 80.0 Å². The van der Waals surface area contributed by atoms with Crippen molar-refractivity contribution >= 4 is 11.8 Å². The van der Waals surface area contributed by atoms with Gasteiger partial charge in [-0.1, -0.05) is 27.7 Å². The van der Waals surface area contributed by atoms with Crippen molar-refractivity contribution in [2.75, 3.05) is 13.2 Å². The summed E-state index contributed by atoms with van der Waals surface area (Å²) in [4.78, 5) is 27.0. The predicted molar refractivity (Wildman–Crippen MR) is 159 cm³/mol. The van der Waals surface area contributed by atoms with E-state index in [2.05, 4.69) is 27.7 Å². The van der Waals surface area contributed by atoms with Gasteiger partial charge in [0.1, 0.15) is 36.3 Å². The van der Waals surface area contributed by atoms with E-state index in [4.69, 9.17) is 19.3 Å². The molecule has 0 bridgehead atoms. The molecule has 256 valence electrons. The zero-order chi connectivity index (χ0) is 32.6. The van der Waals surface area contributed by atoms with Crippen molar-refractivity contribution < 1.29 is 54.4 Å². The van der Waals surface area contributed by atoms with Crippen LogP contribution >= 0.6 is 0 Å². The number of ether oxygens (including phenoxy) is 3. The van der Waals surface area contributed by atoms with Crippen molar-refractivity contribution in [3.63, 3.8) is 0 Å². The van der Waals surface area contributed by atoms with E-state index in [0.717, 1.165) is 38.5 Å². The van der Waals surface area contributed by atoms with Gasteiger partial charge in [-0.25, -0.2) is 4.79 Å². The molecule has 6 aliphatic rings. The third-order valence-corrected chi connectivity index (χ3v) is 13.9. The van der Waals surface area contributed by atoms with Gasteiger partial charge in [-0.15, -0.1) is 0 Å². The minimum Gasteiger partial charge on any atom is -0.460 e. The van der Waals surface area contributed by atoms with Crippen LogP contribution < -0.4 is 0 Å². The first-order valence-electron chi connectivity index (χ1n) is 17.2. The quantitative estimate of drug-likeness (QED) is 0.221. The molecule has 45 heavy (non-hydrogen) atoms. The first kappa shape index (κ1) is 33.7. The summed E-state index contributed by atoms with van der Waals surface area (Å²) in [5.41, 5.74) is -0.505. The number of aliphatic hydroxyl groups excluding tert-OH is 6. The summed E-state index contributed by atoms with van der Waals surface area (Å²) in [5, 5.41) is 59.0. The van der Waals surface area contributed by atoms with Gasteiger partial charge >= 0.3 is 5.97 Å². The summed E-state index contributed by atoms with van der Waals surface area (Å²) in [7, 11) is 0. The highest BCUT2D eigenvalue weighted by atomic mass is 16.7. The monoisotopic (exact) mass is 638 g/mol. The number of hydrogen-bond acceptors (Lipinski definition) is 11. The van der Waals surface area contributed by atoms with Crippen LogP contribution in [0.15, 0.2) is 0 Å². The van der Waals surface area contributed by atoms with Gasteiger partial charge in [-0.2, -0.15) is 0 Å². The molecule has 0 amide bonds. The van der Waals surface area contributed by atoms with Crippen LogP contribution in [0.1, 0.15) is 85.5 Å². The number of esters is 1. The van der Waals surface area contributed by atoms with Gasteiger partial charge in [0.25, 0.3) is 0 Å². The maximum absolute atomic E-state index is 14.3. The average molecular weight is 639 g/mol. The Morgan fingerprint density at radius 3 is 2.36 bits per heavy atom.